The number of esters is 1. The lowest BCUT2D eigenvalue weighted by molar-refractivity contribution is 0.0495. The van der Waals surface area contributed by atoms with E-state index >= 15 is 0 Å². The third kappa shape index (κ3) is 4.49. The predicted octanol–water partition coefficient (Wildman–Crippen LogP) is 3.80. The zero-order chi connectivity index (χ0) is 13.4. The van der Waals surface area contributed by atoms with Gasteiger partial charge < -0.3 is 4.74 Å². The molecule has 0 saturated carbocycles. The highest BCUT2D eigenvalue weighted by molar-refractivity contribution is 6.68. The fourth-order valence-electron chi connectivity index (χ4n) is 1.60. The van der Waals surface area contributed by atoms with Gasteiger partial charge in [-0.2, -0.15) is 0 Å². The molecule has 0 atom stereocenters. The zero-order valence-corrected chi connectivity index (χ0v) is 11.2. The number of carbonyl (C=O) groups excluding carboxylic acids is 2. The minimum Gasteiger partial charge on any atom is -0.462 e. The first-order chi connectivity index (χ1) is 8.66. The lowest BCUT2D eigenvalue weighted by atomic mass is 10.1. The van der Waals surface area contributed by atoms with Crippen molar-refractivity contribution in [3.05, 3.63) is 35.4 Å². The van der Waals surface area contributed by atoms with Crippen molar-refractivity contribution in [2.75, 3.05) is 6.61 Å². The summed E-state index contributed by atoms with van der Waals surface area (Å²) in [5.41, 5.74) is 0.422. The highest BCUT2D eigenvalue weighted by Gasteiger charge is 2.15. The molecule has 1 aromatic rings. The molecular formula is C14H17ClO3. The van der Waals surface area contributed by atoms with Crippen LogP contribution in [0.15, 0.2) is 24.3 Å². The third-order valence-corrected chi connectivity index (χ3v) is 2.79. The molecule has 0 unspecified atom stereocenters. The number of halogens is 1. The molecule has 0 radical (unpaired) electrons. The summed E-state index contributed by atoms with van der Waals surface area (Å²) in [5.74, 6) is -0.490. The molecule has 0 saturated heterocycles. The zero-order valence-electron chi connectivity index (χ0n) is 10.4. The monoisotopic (exact) mass is 268 g/mol. The van der Waals surface area contributed by atoms with Gasteiger partial charge in [-0.3, -0.25) is 4.79 Å². The highest BCUT2D eigenvalue weighted by Crippen LogP contribution is 2.13. The summed E-state index contributed by atoms with van der Waals surface area (Å²) in [5, 5.41) is -0.645. The van der Waals surface area contributed by atoms with Gasteiger partial charge in [-0.1, -0.05) is 38.3 Å². The van der Waals surface area contributed by atoms with Crippen LogP contribution in [-0.2, 0) is 4.74 Å². The van der Waals surface area contributed by atoms with Crippen LogP contribution in [0, 0.1) is 0 Å². The van der Waals surface area contributed by atoms with Crippen molar-refractivity contribution in [2.45, 2.75) is 32.6 Å². The Hall–Kier alpha value is -1.35. The normalized spacial score (nSPS) is 10.1. The van der Waals surface area contributed by atoms with Crippen molar-refractivity contribution in [3.63, 3.8) is 0 Å². The topological polar surface area (TPSA) is 43.4 Å². The molecule has 0 aromatic heterocycles. The molecule has 0 fully saturated rings. The second-order valence-corrected chi connectivity index (χ2v) is 4.36. The molecule has 1 aromatic carbocycles. The maximum atomic E-state index is 11.8. The molecule has 1 rings (SSSR count). The molecule has 0 N–H and O–H groups in total. The van der Waals surface area contributed by atoms with Gasteiger partial charge in [-0.15, -0.1) is 0 Å². The first-order valence-corrected chi connectivity index (χ1v) is 6.50. The van der Waals surface area contributed by atoms with Crippen molar-refractivity contribution in [1.82, 2.24) is 0 Å². The van der Waals surface area contributed by atoms with Gasteiger partial charge in [0.2, 0.25) is 0 Å². The number of hydrogen-bond donors (Lipinski definition) is 0. The Labute approximate surface area is 112 Å². The summed E-state index contributed by atoms with van der Waals surface area (Å²) in [7, 11) is 0. The van der Waals surface area contributed by atoms with E-state index in [1.807, 2.05) is 0 Å². The maximum Gasteiger partial charge on any atom is 0.338 e. The first-order valence-electron chi connectivity index (χ1n) is 6.12. The summed E-state index contributed by atoms with van der Waals surface area (Å²) >= 11 is 5.41. The van der Waals surface area contributed by atoms with Crippen LogP contribution in [0.5, 0.6) is 0 Å². The number of carbonyl (C=O) groups is 2. The number of rotatable bonds is 7. The van der Waals surface area contributed by atoms with Crippen molar-refractivity contribution in [3.8, 4) is 0 Å². The predicted molar refractivity (Wildman–Crippen MR) is 71.1 cm³/mol. The molecule has 0 aliphatic carbocycles. The van der Waals surface area contributed by atoms with Crippen LogP contribution in [0.25, 0.3) is 0 Å². The summed E-state index contributed by atoms with van der Waals surface area (Å²) in [4.78, 5) is 22.9. The van der Waals surface area contributed by atoms with Crippen LogP contribution < -0.4 is 0 Å². The first kappa shape index (κ1) is 14.7. The Morgan fingerprint density at radius 1 is 1.11 bits per heavy atom. The quantitative estimate of drug-likeness (QED) is 0.429. The highest BCUT2D eigenvalue weighted by atomic mass is 35.5. The van der Waals surface area contributed by atoms with Crippen molar-refractivity contribution < 1.29 is 14.3 Å². The molecule has 98 valence electrons. The van der Waals surface area contributed by atoms with Gasteiger partial charge in [0.05, 0.1) is 12.2 Å². The Morgan fingerprint density at radius 3 is 2.39 bits per heavy atom. The molecule has 0 aliphatic heterocycles. The van der Waals surface area contributed by atoms with Crippen LogP contribution in [0.4, 0.5) is 0 Å². The van der Waals surface area contributed by atoms with E-state index in [0.29, 0.717) is 6.61 Å². The van der Waals surface area contributed by atoms with Crippen LogP contribution in [0.2, 0.25) is 0 Å². The van der Waals surface area contributed by atoms with Gasteiger partial charge in [0.15, 0.2) is 0 Å². The molecule has 0 aliphatic rings. The van der Waals surface area contributed by atoms with E-state index in [-0.39, 0.29) is 11.1 Å². The molecule has 0 heterocycles. The second kappa shape index (κ2) is 7.88. The van der Waals surface area contributed by atoms with Crippen molar-refractivity contribution in [2.24, 2.45) is 0 Å². The van der Waals surface area contributed by atoms with Gasteiger partial charge in [0.1, 0.15) is 0 Å². The van der Waals surface area contributed by atoms with Crippen LogP contribution >= 0.6 is 11.6 Å². The van der Waals surface area contributed by atoms with E-state index in [1.54, 1.807) is 18.2 Å². The Kier molecular flexibility index (Phi) is 6.44. The third-order valence-electron chi connectivity index (χ3n) is 2.59. The number of benzene rings is 1. The fourth-order valence-corrected chi connectivity index (χ4v) is 1.77. The molecule has 0 amide bonds. The van der Waals surface area contributed by atoms with E-state index in [0.717, 1.165) is 25.7 Å². The molecule has 0 bridgehead atoms. The van der Waals surface area contributed by atoms with Gasteiger partial charge in [0.25, 0.3) is 5.24 Å². The smallest absolute Gasteiger partial charge is 0.338 e. The van der Waals surface area contributed by atoms with Crippen molar-refractivity contribution in [1.29, 1.82) is 0 Å². The van der Waals surface area contributed by atoms with E-state index in [2.05, 4.69) is 6.92 Å². The standard InChI is InChI=1S/C14H17ClO3/c1-2-3-4-7-10-18-14(17)12-9-6-5-8-11(12)13(15)16/h5-6,8-9H,2-4,7,10H2,1H3. The number of ether oxygens (including phenoxy) is 1. The van der Waals surface area contributed by atoms with Gasteiger partial charge in [-0.05, 0) is 30.2 Å². The molecule has 3 nitrogen and oxygen atoms in total. The van der Waals surface area contributed by atoms with E-state index < -0.39 is 11.2 Å². The molecule has 0 spiro atoms. The lowest BCUT2D eigenvalue weighted by Crippen LogP contribution is -2.10. The largest absolute Gasteiger partial charge is 0.462 e. The van der Waals surface area contributed by atoms with Crippen LogP contribution in [0.3, 0.4) is 0 Å². The van der Waals surface area contributed by atoms with Crippen LogP contribution in [0.1, 0.15) is 53.3 Å². The van der Waals surface area contributed by atoms with Gasteiger partial charge >= 0.3 is 5.97 Å². The maximum absolute atomic E-state index is 11.8. The minimum atomic E-state index is -0.645. The lowest BCUT2D eigenvalue weighted by Gasteiger charge is -2.06. The SMILES string of the molecule is CCCCCCOC(=O)c1ccccc1C(=O)Cl. The second-order valence-electron chi connectivity index (χ2n) is 4.02. The molecule has 4 heteroatoms. The summed E-state index contributed by atoms with van der Waals surface area (Å²) in [6.45, 7) is 2.50. The Bertz CT molecular complexity index is 415. The summed E-state index contributed by atoms with van der Waals surface area (Å²) in [6, 6.07) is 6.40. The van der Waals surface area contributed by atoms with E-state index in [1.165, 1.54) is 6.07 Å². The van der Waals surface area contributed by atoms with E-state index in [4.69, 9.17) is 16.3 Å². The van der Waals surface area contributed by atoms with Gasteiger partial charge in [0, 0.05) is 5.56 Å². The number of unbranched alkanes of at least 4 members (excludes halogenated alkanes) is 3. The summed E-state index contributed by atoms with van der Waals surface area (Å²) < 4.78 is 5.12. The summed E-state index contributed by atoms with van der Waals surface area (Å²) in [6.07, 6.45) is 4.16. The number of hydrogen-bond acceptors (Lipinski definition) is 3. The minimum absolute atomic E-state index is 0.192. The van der Waals surface area contributed by atoms with Crippen molar-refractivity contribution >= 4 is 22.8 Å². The average Bonchev–Trinajstić information content (AvgIpc) is 2.38. The Morgan fingerprint density at radius 2 is 1.78 bits per heavy atom. The van der Waals surface area contributed by atoms with Crippen LogP contribution in [-0.4, -0.2) is 17.8 Å². The van der Waals surface area contributed by atoms with E-state index in [9.17, 15) is 9.59 Å². The molecule has 18 heavy (non-hydrogen) atoms. The fraction of sp³-hybridized carbons (Fsp3) is 0.429. The average molecular weight is 269 g/mol. The molecular weight excluding hydrogens is 252 g/mol. The van der Waals surface area contributed by atoms with Gasteiger partial charge in [-0.25, -0.2) is 4.79 Å². The Balaban J connectivity index is 2.54.